The number of aliphatic hydroxyl groups excluding tert-OH is 1. The van der Waals surface area contributed by atoms with Crippen molar-refractivity contribution in [1.29, 1.82) is 0 Å². The first-order valence-corrected chi connectivity index (χ1v) is 8.80. The zero-order valence-corrected chi connectivity index (χ0v) is 14.8. The smallest absolute Gasteiger partial charge is 0.0945 e. The highest BCUT2D eigenvalue weighted by Crippen LogP contribution is 2.35. The number of ether oxygens (including phenoxy) is 1. The monoisotopic (exact) mass is 395 g/mol. The molecule has 21 heavy (non-hydrogen) atoms. The zero-order chi connectivity index (χ0) is 15.2. The van der Waals surface area contributed by atoms with Gasteiger partial charge in [-0.3, -0.25) is 0 Å². The maximum atomic E-state index is 9.98. The summed E-state index contributed by atoms with van der Waals surface area (Å²) >= 11 is 15.5. The van der Waals surface area contributed by atoms with Crippen molar-refractivity contribution in [3.63, 3.8) is 0 Å². The lowest BCUT2D eigenvalue weighted by Gasteiger charge is -2.23. The molecule has 0 saturated heterocycles. The second-order valence-corrected chi connectivity index (χ2v) is 6.96. The largest absolute Gasteiger partial charge is 0.389 e. The molecule has 0 aliphatic heterocycles. The van der Waals surface area contributed by atoms with Crippen LogP contribution >= 0.6 is 39.1 Å². The van der Waals surface area contributed by atoms with E-state index in [2.05, 4.69) is 21.2 Å². The van der Waals surface area contributed by atoms with Crippen molar-refractivity contribution in [2.45, 2.75) is 44.3 Å². The molecule has 0 amide bonds. The minimum absolute atomic E-state index is 0.305. The van der Waals surface area contributed by atoms with E-state index in [1.807, 2.05) is 12.1 Å². The second kappa shape index (κ2) is 8.59. The van der Waals surface area contributed by atoms with E-state index in [1.165, 1.54) is 19.3 Å². The third-order valence-corrected chi connectivity index (χ3v) is 5.41. The Kier molecular flexibility index (Phi) is 7.10. The highest BCUT2D eigenvalue weighted by Gasteiger charge is 2.16. The molecule has 0 radical (unpaired) electrons. The molecular weight excluding hydrogens is 377 g/mol. The quantitative estimate of drug-likeness (QED) is 0.673. The van der Waals surface area contributed by atoms with Gasteiger partial charge < -0.3 is 15.2 Å². The summed E-state index contributed by atoms with van der Waals surface area (Å²) in [6, 6.07) is 3.65. The summed E-state index contributed by atoms with van der Waals surface area (Å²) in [5.41, 5.74) is 0.710. The van der Waals surface area contributed by atoms with Gasteiger partial charge in [0.1, 0.15) is 0 Å². The first-order valence-electron chi connectivity index (χ1n) is 7.25. The standard InChI is InChI=1S/C15H20BrCl2NO2/c16-12-6-7-13(15(18)14(12)17)19-8-10(20)9-21-11-4-2-1-3-5-11/h6-7,10-11,19-20H,1-5,8-9H2. The van der Waals surface area contributed by atoms with Crippen molar-refractivity contribution in [2.24, 2.45) is 0 Å². The molecule has 1 aliphatic carbocycles. The van der Waals surface area contributed by atoms with Gasteiger partial charge in [-0.05, 0) is 40.9 Å². The van der Waals surface area contributed by atoms with E-state index in [4.69, 9.17) is 27.9 Å². The normalized spacial score (nSPS) is 17.7. The maximum absolute atomic E-state index is 9.98. The molecule has 1 unspecified atom stereocenters. The average molecular weight is 397 g/mol. The number of hydrogen-bond donors (Lipinski definition) is 2. The van der Waals surface area contributed by atoms with Crippen molar-refractivity contribution in [2.75, 3.05) is 18.5 Å². The molecule has 1 aromatic rings. The summed E-state index contributed by atoms with van der Waals surface area (Å²) in [5.74, 6) is 0. The minimum atomic E-state index is -0.564. The molecule has 6 heteroatoms. The minimum Gasteiger partial charge on any atom is -0.389 e. The Morgan fingerprint density at radius 3 is 2.67 bits per heavy atom. The van der Waals surface area contributed by atoms with Crippen LogP contribution in [0.5, 0.6) is 0 Å². The summed E-state index contributed by atoms with van der Waals surface area (Å²) in [6.45, 7) is 0.726. The van der Waals surface area contributed by atoms with Crippen LogP contribution in [0.2, 0.25) is 10.0 Å². The van der Waals surface area contributed by atoms with Gasteiger partial charge in [-0.15, -0.1) is 0 Å². The van der Waals surface area contributed by atoms with E-state index >= 15 is 0 Å². The molecule has 3 nitrogen and oxygen atoms in total. The topological polar surface area (TPSA) is 41.5 Å². The van der Waals surface area contributed by atoms with Crippen LogP contribution in [-0.4, -0.2) is 30.5 Å². The van der Waals surface area contributed by atoms with E-state index in [0.29, 0.717) is 35.0 Å². The van der Waals surface area contributed by atoms with Gasteiger partial charge in [0.15, 0.2) is 0 Å². The number of rotatable bonds is 6. The summed E-state index contributed by atoms with van der Waals surface area (Å²) < 4.78 is 6.50. The SMILES string of the molecule is OC(CNc1ccc(Br)c(Cl)c1Cl)COC1CCCCC1. The fraction of sp³-hybridized carbons (Fsp3) is 0.600. The molecule has 0 aromatic heterocycles. The third kappa shape index (κ3) is 5.29. The molecule has 1 aliphatic rings. The Morgan fingerprint density at radius 1 is 1.24 bits per heavy atom. The van der Waals surface area contributed by atoms with Gasteiger partial charge in [-0.1, -0.05) is 42.5 Å². The van der Waals surface area contributed by atoms with E-state index in [1.54, 1.807) is 0 Å². The van der Waals surface area contributed by atoms with Crippen LogP contribution in [0.15, 0.2) is 16.6 Å². The Hall–Kier alpha value is -0.0000000000000000763. The average Bonchev–Trinajstić information content (AvgIpc) is 2.51. The van der Waals surface area contributed by atoms with Crippen molar-refractivity contribution in [3.8, 4) is 0 Å². The molecule has 2 rings (SSSR count). The van der Waals surface area contributed by atoms with Gasteiger partial charge in [0.25, 0.3) is 0 Å². The predicted octanol–water partition coefficient (Wildman–Crippen LogP) is 4.88. The van der Waals surface area contributed by atoms with Gasteiger partial charge in [0.2, 0.25) is 0 Å². The Balaban J connectivity index is 1.75. The van der Waals surface area contributed by atoms with Gasteiger partial charge in [-0.2, -0.15) is 0 Å². The van der Waals surface area contributed by atoms with Crippen LogP contribution in [-0.2, 0) is 4.74 Å². The highest BCUT2D eigenvalue weighted by atomic mass is 79.9. The lowest BCUT2D eigenvalue weighted by molar-refractivity contribution is -0.0195. The van der Waals surface area contributed by atoms with Crippen molar-refractivity contribution < 1.29 is 9.84 Å². The van der Waals surface area contributed by atoms with Gasteiger partial charge in [-0.25, -0.2) is 0 Å². The Bertz CT molecular complexity index is 467. The van der Waals surface area contributed by atoms with E-state index in [-0.39, 0.29) is 0 Å². The number of anilines is 1. The molecule has 0 heterocycles. The van der Waals surface area contributed by atoms with Crippen molar-refractivity contribution in [3.05, 3.63) is 26.7 Å². The molecule has 0 spiro atoms. The summed E-state index contributed by atoms with van der Waals surface area (Å²) in [7, 11) is 0. The van der Waals surface area contributed by atoms with Crippen LogP contribution in [0.3, 0.4) is 0 Å². The zero-order valence-electron chi connectivity index (χ0n) is 11.7. The van der Waals surface area contributed by atoms with Crippen molar-refractivity contribution in [1.82, 2.24) is 0 Å². The molecule has 1 atom stereocenters. The fourth-order valence-corrected chi connectivity index (χ4v) is 3.27. The lowest BCUT2D eigenvalue weighted by atomic mass is 9.98. The second-order valence-electron chi connectivity index (χ2n) is 5.35. The maximum Gasteiger partial charge on any atom is 0.0945 e. The lowest BCUT2D eigenvalue weighted by Crippen LogP contribution is -2.28. The van der Waals surface area contributed by atoms with E-state index < -0.39 is 6.10 Å². The number of aliphatic hydroxyl groups is 1. The molecule has 1 fully saturated rings. The van der Waals surface area contributed by atoms with Gasteiger partial charge >= 0.3 is 0 Å². The summed E-state index contributed by atoms with van der Waals surface area (Å²) in [6.07, 6.45) is 5.71. The van der Waals surface area contributed by atoms with Crippen LogP contribution in [0.4, 0.5) is 5.69 Å². The van der Waals surface area contributed by atoms with Crippen LogP contribution in [0, 0.1) is 0 Å². The Morgan fingerprint density at radius 2 is 1.95 bits per heavy atom. The molecule has 1 saturated carbocycles. The van der Waals surface area contributed by atoms with E-state index in [9.17, 15) is 5.11 Å². The van der Waals surface area contributed by atoms with Gasteiger partial charge in [0.05, 0.1) is 34.5 Å². The highest BCUT2D eigenvalue weighted by molar-refractivity contribution is 9.10. The number of nitrogens with one attached hydrogen (secondary N) is 1. The number of halogens is 3. The molecule has 0 bridgehead atoms. The van der Waals surface area contributed by atoms with Crippen molar-refractivity contribution >= 4 is 44.8 Å². The van der Waals surface area contributed by atoms with Gasteiger partial charge in [0, 0.05) is 11.0 Å². The third-order valence-electron chi connectivity index (χ3n) is 3.64. The van der Waals surface area contributed by atoms with Crippen LogP contribution < -0.4 is 5.32 Å². The predicted molar refractivity (Wildman–Crippen MR) is 91.5 cm³/mol. The molecule has 1 aromatic carbocycles. The van der Waals surface area contributed by atoms with Crippen LogP contribution in [0.25, 0.3) is 0 Å². The van der Waals surface area contributed by atoms with E-state index in [0.717, 1.165) is 17.3 Å². The van der Waals surface area contributed by atoms with Crippen LogP contribution in [0.1, 0.15) is 32.1 Å². The first kappa shape index (κ1) is 17.4. The number of benzene rings is 1. The Labute approximate surface area is 144 Å². The first-order chi connectivity index (χ1) is 10.1. The molecule has 118 valence electrons. The molecule has 2 N–H and O–H groups in total. The summed E-state index contributed by atoms with van der Waals surface area (Å²) in [4.78, 5) is 0. The number of hydrogen-bond acceptors (Lipinski definition) is 3. The summed E-state index contributed by atoms with van der Waals surface area (Å²) in [5, 5.41) is 14.0. The fourth-order valence-electron chi connectivity index (χ4n) is 2.43. The molecular formula is C15H20BrCl2NO2.